The second kappa shape index (κ2) is 64.4. The van der Waals surface area contributed by atoms with Gasteiger partial charge in [-0.1, -0.05) is 325 Å². The fraction of sp³-hybridized carbons (Fsp3) is 0.947. The van der Waals surface area contributed by atoms with Crippen molar-refractivity contribution in [1.82, 2.24) is 0 Å². The molecule has 17 nitrogen and oxygen atoms in total. The van der Waals surface area contributed by atoms with Crippen molar-refractivity contribution in [2.24, 2.45) is 23.7 Å². The lowest BCUT2D eigenvalue weighted by molar-refractivity contribution is -0.161. The molecule has 3 unspecified atom stereocenters. The summed E-state index contributed by atoms with van der Waals surface area (Å²) >= 11 is 0. The largest absolute Gasteiger partial charge is 0.472 e. The highest BCUT2D eigenvalue weighted by molar-refractivity contribution is 7.47. The van der Waals surface area contributed by atoms with E-state index in [4.69, 9.17) is 37.0 Å². The second-order valence-corrected chi connectivity index (χ2v) is 31.9. The fourth-order valence-corrected chi connectivity index (χ4v) is 13.0. The molecule has 0 bridgehead atoms. The Balaban J connectivity index is 5.25. The standard InChI is InChI=1S/C75H146O17P2/c1-65(2)51-43-35-27-19-15-11-9-10-12-17-21-31-39-47-55-72(77)85-61-70(91-74(79)57-49-41-33-22-18-14-13-16-20-28-36-44-52-66(3)4)63-89-93(81,82)87-59-69(76)60-88-94(83,84)90-64-71(92-75(80)58-50-42-34-26-24-30-38-46-54-68(7)8)62-86-73(78)56-48-40-32-25-23-29-37-45-53-67(5)6/h65-71,76H,9-64H2,1-8H3,(H,81,82)(H,83,84)/t69?,70-,71-/m1/s1. The average molecular weight is 1380 g/mol. The van der Waals surface area contributed by atoms with E-state index in [-0.39, 0.29) is 25.7 Å². The van der Waals surface area contributed by atoms with E-state index >= 15 is 0 Å². The molecule has 19 heteroatoms. The molecule has 5 atom stereocenters. The minimum Gasteiger partial charge on any atom is -0.462 e. The highest BCUT2D eigenvalue weighted by Gasteiger charge is 2.30. The van der Waals surface area contributed by atoms with Crippen molar-refractivity contribution in [2.45, 2.75) is 395 Å². The molecule has 0 rings (SSSR count). The molecule has 0 fully saturated rings. The lowest BCUT2D eigenvalue weighted by atomic mass is 10.0. The molecule has 0 aliphatic carbocycles. The van der Waals surface area contributed by atoms with Crippen molar-refractivity contribution in [3.63, 3.8) is 0 Å². The zero-order valence-corrected chi connectivity index (χ0v) is 63.4. The van der Waals surface area contributed by atoms with Crippen LogP contribution in [0.3, 0.4) is 0 Å². The molecule has 0 saturated heterocycles. The van der Waals surface area contributed by atoms with Gasteiger partial charge in [0, 0.05) is 25.7 Å². The van der Waals surface area contributed by atoms with Crippen LogP contribution in [-0.4, -0.2) is 96.7 Å². The lowest BCUT2D eigenvalue weighted by Crippen LogP contribution is -2.30. The summed E-state index contributed by atoms with van der Waals surface area (Å²) in [6.07, 6.45) is 48.6. The number of hydrogen-bond donors (Lipinski definition) is 3. The summed E-state index contributed by atoms with van der Waals surface area (Å²) in [5, 5.41) is 10.6. The molecule has 94 heavy (non-hydrogen) atoms. The van der Waals surface area contributed by atoms with Gasteiger partial charge in [0.2, 0.25) is 0 Å². The fourth-order valence-electron chi connectivity index (χ4n) is 11.4. The topological polar surface area (TPSA) is 237 Å². The maximum absolute atomic E-state index is 13.1. The summed E-state index contributed by atoms with van der Waals surface area (Å²) in [4.78, 5) is 72.8. The van der Waals surface area contributed by atoms with Crippen LogP contribution in [0.4, 0.5) is 0 Å². The van der Waals surface area contributed by atoms with Crippen LogP contribution in [-0.2, 0) is 65.4 Å². The van der Waals surface area contributed by atoms with Crippen molar-refractivity contribution >= 4 is 39.5 Å². The van der Waals surface area contributed by atoms with Gasteiger partial charge in [-0.2, -0.15) is 0 Å². The zero-order chi connectivity index (χ0) is 69.6. The third-order valence-corrected chi connectivity index (χ3v) is 19.2. The van der Waals surface area contributed by atoms with E-state index < -0.39 is 97.5 Å². The molecule has 0 aromatic rings. The van der Waals surface area contributed by atoms with Crippen molar-refractivity contribution < 1.29 is 80.2 Å². The molecule has 0 aromatic heterocycles. The number of rotatable bonds is 72. The van der Waals surface area contributed by atoms with E-state index in [2.05, 4.69) is 55.4 Å². The predicted molar refractivity (Wildman–Crippen MR) is 381 cm³/mol. The van der Waals surface area contributed by atoms with E-state index in [1.54, 1.807) is 0 Å². The van der Waals surface area contributed by atoms with E-state index in [0.29, 0.717) is 25.7 Å². The second-order valence-electron chi connectivity index (χ2n) is 28.9. The first-order valence-corrected chi connectivity index (χ1v) is 41.7. The van der Waals surface area contributed by atoms with Crippen LogP contribution in [0, 0.1) is 23.7 Å². The third-order valence-electron chi connectivity index (χ3n) is 17.3. The van der Waals surface area contributed by atoms with Crippen molar-refractivity contribution in [2.75, 3.05) is 39.6 Å². The maximum atomic E-state index is 13.1. The number of aliphatic hydroxyl groups is 1. The van der Waals surface area contributed by atoms with E-state index in [1.807, 2.05) is 0 Å². The van der Waals surface area contributed by atoms with Gasteiger partial charge in [0.05, 0.1) is 26.4 Å². The number of esters is 4. The maximum Gasteiger partial charge on any atom is 0.472 e. The van der Waals surface area contributed by atoms with Crippen molar-refractivity contribution in [1.29, 1.82) is 0 Å². The summed E-state index contributed by atoms with van der Waals surface area (Å²) < 4.78 is 68.5. The molecule has 0 spiro atoms. The van der Waals surface area contributed by atoms with Gasteiger partial charge in [-0.3, -0.25) is 37.3 Å². The Bertz CT molecular complexity index is 1850. The molecule has 0 radical (unpaired) electrons. The van der Waals surface area contributed by atoms with E-state index in [0.717, 1.165) is 114 Å². The summed E-state index contributed by atoms with van der Waals surface area (Å²) in [6.45, 7) is 14.2. The summed E-state index contributed by atoms with van der Waals surface area (Å²) in [5.74, 6) is 0.897. The molecule has 0 saturated carbocycles. The number of unbranched alkanes of at least 4 members (excludes halogenated alkanes) is 38. The Morgan fingerprint density at radius 3 is 0.660 bits per heavy atom. The molecule has 0 aliphatic rings. The van der Waals surface area contributed by atoms with E-state index in [1.165, 1.54) is 180 Å². The molecule has 0 aliphatic heterocycles. The molecular formula is C75H146O17P2. The van der Waals surface area contributed by atoms with Crippen molar-refractivity contribution in [3.8, 4) is 0 Å². The summed E-state index contributed by atoms with van der Waals surface area (Å²) in [5.41, 5.74) is 0. The quantitative estimate of drug-likeness (QED) is 0.0222. The van der Waals surface area contributed by atoms with Gasteiger partial charge in [-0.15, -0.1) is 0 Å². The first-order valence-electron chi connectivity index (χ1n) is 38.7. The van der Waals surface area contributed by atoms with Crippen LogP contribution in [0.5, 0.6) is 0 Å². The summed E-state index contributed by atoms with van der Waals surface area (Å²) in [6, 6.07) is 0. The number of phosphoric acid groups is 2. The van der Waals surface area contributed by atoms with Gasteiger partial charge in [0.1, 0.15) is 19.3 Å². The number of ether oxygens (including phenoxy) is 4. The average Bonchev–Trinajstić information content (AvgIpc) is 1.50. The van der Waals surface area contributed by atoms with Crippen LogP contribution in [0.15, 0.2) is 0 Å². The predicted octanol–water partition coefficient (Wildman–Crippen LogP) is 21.7. The molecule has 0 aromatic carbocycles. The van der Waals surface area contributed by atoms with Crippen LogP contribution in [0.25, 0.3) is 0 Å². The first-order chi connectivity index (χ1) is 45.1. The Labute approximate surface area is 575 Å². The Kier molecular flexibility index (Phi) is 63.1. The van der Waals surface area contributed by atoms with Crippen LogP contribution >= 0.6 is 15.6 Å². The third kappa shape index (κ3) is 68.6. The lowest BCUT2D eigenvalue weighted by Gasteiger charge is -2.21. The molecule has 3 N–H and O–H groups in total. The highest BCUT2D eigenvalue weighted by atomic mass is 31.2. The van der Waals surface area contributed by atoms with Crippen LogP contribution < -0.4 is 0 Å². The number of aliphatic hydroxyl groups excluding tert-OH is 1. The van der Waals surface area contributed by atoms with Gasteiger partial charge in [0.25, 0.3) is 0 Å². The number of phosphoric ester groups is 2. The molecule has 558 valence electrons. The normalized spacial score (nSPS) is 14.2. The smallest absolute Gasteiger partial charge is 0.462 e. The number of carbonyl (C=O) groups is 4. The Morgan fingerprint density at radius 2 is 0.447 bits per heavy atom. The van der Waals surface area contributed by atoms with E-state index in [9.17, 15) is 43.2 Å². The van der Waals surface area contributed by atoms with Gasteiger partial charge in [-0.25, -0.2) is 9.13 Å². The van der Waals surface area contributed by atoms with Crippen LogP contribution in [0.1, 0.15) is 376 Å². The SMILES string of the molecule is CC(C)CCCCCCCCCCCCCCCCC(=O)OC[C@H](COP(=O)(O)OCC(O)COP(=O)(O)OC[C@@H](COC(=O)CCCCCCCCCCC(C)C)OC(=O)CCCCCCCCCCC(C)C)OC(=O)CCCCCCCCCCCCCCC(C)C. The molecule has 0 heterocycles. The first kappa shape index (κ1) is 92.1. The number of hydrogen-bond acceptors (Lipinski definition) is 15. The van der Waals surface area contributed by atoms with Crippen molar-refractivity contribution in [3.05, 3.63) is 0 Å². The van der Waals surface area contributed by atoms with Gasteiger partial charge in [0.15, 0.2) is 12.2 Å². The van der Waals surface area contributed by atoms with Gasteiger partial charge < -0.3 is 33.8 Å². The zero-order valence-electron chi connectivity index (χ0n) is 61.6. The Hall–Kier alpha value is -1.94. The van der Waals surface area contributed by atoms with Gasteiger partial charge in [-0.05, 0) is 49.4 Å². The monoisotopic (exact) mass is 1380 g/mol. The highest BCUT2D eigenvalue weighted by Crippen LogP contribution is 2.45. The van der Waals surface area contributed by atoms with Gasteiger partial charge >= 0.3 is 39.5 Å². The Morgan fingerprint density at radius 1 is 0.266 bits per heavy atom. The minimum absolute atomic E-state index is 0.104. The number of carbonyl (C=O) groups excluding carboxylic acids is 4. The minimum atomic E-state index is -4.96. The molecule has 0 amide bonds. The molecular weight excluding hydrogens is 1230 g/mol. The van der Waals surface area contributed by atoms with Crippen LogP contribution in [0.2, 0.25) is 0 Å². The summed E-state index contributed by atoms with van der Waals surface area (Å²) in [7, 11) is -9.91.